The summed E-state index contributed by atoms with van der Waals surface area (Å²) in [7, 11) is 2.12. The third-order valence-corrected chi connectivity index (χ3v) is 7.27. The summed E-state index contributed by atoms with van der Waals surface area (Å²) in [5.41, 5.74) is 2.60. The molecule has 1 amide bonds. The number of likely N-dealkylation sites (N-methyl/N-ethyl adjacent to an activating group) is 1. The van der Waals surface area contributed by atoms with Gasteiger partial charge in [-0.2, -0.15) is 5.26 Å². The number of rotatable bonds is 7. The molecule has 2 aromatic rings. The van der Waals surface area contributed by atoms with Gasteiger partial charge in [0.15, 0.2) is 0 Å². The molecule has 1 N–H and O–H groups in total. The zero-order valence-corrected chi connectivity index (χ0v) is 21.4. The van der Waals surface area contributed by atoms with Gasteiger partial charge >= 0.3 is 0 Å². The van der Waals surface area contributed by atoms with Crippen molar-refractivity contribution in [2.24, 2.45) is 11.8 Å². The average Bonchev–Trinajstić information content (AvgIpc) is 2.90. The second kappa shape index (κ2) is 11.8. The van der Waals surface area contributed by atoms with Gasteiger partial charge in [0.25, 0.3) is 5.91 Å². The SMILES string of the molecule is C[C@@H]1CN([C@H](C)CO)C(=O)c2cc(-c3ccc(C#N)cc3)cnc2O[C@@H]1CN(C)CC1CCOCC1. The van der Waals surface area contributed by atoms with Gasteiger partial charge in [-0.15, -0.1) is 0 Å². The highest BCUT2D eigenvalue weighted by molar-refractivity contribution is 5.98. The first-order valence-electron chi connectivity index (χ1n) is 12.7. The largest absolute Gasteiger partial charge is 0.472 e. The molecule has 4 rings (SSSR count). The number of hydrogen-bond donors (Lipinski definition) is 1. The number of carbonyl (C=O) groups is 1. The molecule has 0 bridgehead atoms. The summed E-state index contributed by atoms with van der Waals surface area (Å²) in [4.78, 5) is 22.3. The highest BCUT2D eigenvalue weighted by Gasteiger charge is 2.34. The van der Waals surface area contributed by atoms with Crippen LogP contribution in [0.2, 0.25) is 0 Å². The molecule has 0 spiro atoms. The monoisotopic (exact) mass is 492 g/mol. The van der Waals surface area contributed by atoms with E-state index in [-0.39, 0.29) is 30.6 Å². The minimum Gasteiger partial charge on any atom is -0.472 e. The summed E-state index contributed by atoms with van der Waals surface area (Å²) in [6.45, 7) is 7.65. The lowest BCUT2D eigenvalue weighted by Gasteiger charge is -2.38. The summed E-state index contributed by atoms with van der Waals surface area (Å²) in [5.74, 6) is 0.785. The third kappa shape index (κ3) is 6.04. The van der Waals surface area contributed by atoms with E-state index in [1.807, 2.05) is 25.1 Å². The van der Waals surface area contributed by atoms with E-state index in [1.54, 1.807) is 23.2 Å². The fourth-order valence-corrected chi connectivity index (χ4v) is 4.97. The van der Waals surface area contributed by atoms with Gasteiger partial charge in [0.2, 0.25) is 5.88 Å². The number of nitriles is 1. The van der Waals surface area contributed by atoms with Crippen molar-refractivity contribution >= 4 is 5.91 Å². The Morgan fingerprint density at radius 3 is 2.61 bits per heavy atom. The fraction of sp³-hybridized carbons (Fsp3) is 0.536. The summed E-state index contributed by atoms with van der Waals surface area (Å²) < 4.78 is 11.9. The molecular formula is C28H36N4O4. The van der Waals surface area contributed by atoms with Gasteiger partial charge < -0.3 is 24.4 Å². The lowest BCUT2D eigenvalue weighted by Crippen LogP contribution is -2.50. The van der Waals surface area contributed by atoms with E-state index in [2.05, 4.69) is 29.9 Å². The number of ether oxygens (including phenoxy) is 2. The zero-order valence-electron chi connectivity index (χ0n) is 21.4. The van der Waals surface area contributed by atoms with Crippen LogP contribution in [0.15, 0.2) is 36.5 Å². The lowest BCUT2D eigenvalue weighted by molar-refractivity contribution is 0.0254. The number of nitrogens with zero attached hydrogens (tertiary/aromatic N) is 4. The molecule has 8 heteroatoms. The van der Waals surface area contributed by atoms with Gasteiger partial charge in [-0.1, -0.05) is 19.1 Å². The molecular weight excluding hydrogens is 456 g/mol. The van der Waals surface area contributed by atoms with Crippen LogP contribution in [-0.4, -0.2) is 84.4 Å². The normalized spacial score (nSPS) is 21.8. The topological polar surface area (TPSA) is 98.9 Å². The molecule has 192 valence electrons. The van der Waals surface area contributed by atoms with Crippen molar-refractivity contribution in [2.75, 3.05) is 46.5 Å². The Kier molecular flexibility index (Phi) is 8.57. The molecule has 1 saturated heterocycles. The molecule has 0 radical (unpaired) electrons. The first kappa shape index (κ1) is 26.1. The zero-order chi connectivity index (χ0) is 25.7. The van der Waals surface area contributed by atoms with Crippen molar-refractivity contribution in [1.82, 2.24) is 14.8 Å². The molecule has 2 aliphatic heterocycles. The maximum Gasteiger partial charge on any atom is 0.259 e. The van der Waals surface area contributed by atoms with Crippen LogP contribution >= 0.6 is 0 Å². The average molecular weight is 493 g/mol. The number of pyridine rings is 1. The quantitative estimate of drug-likeness (QED) is 0.634. The number of amides is 1. The van der Waals surface area contributed by atoms with Gasteiger partial charge in [0.1, 0.15) is 11.7 Å². The number of aliphatic hydroxyl groups is 1. The minimum absolute atomic E-state index is 0.0493. The van der Waals surface area contributed by atoms with Crippen molar-refractivity contribution in [1.29, 1.82) is 5.26 Å². The van der Waals surface area contributed by atoms with E-state index < -0.39 is 0 Å². The molecule has 2 aliphatic rings. The van der Waals surface area contributed by atoms with E-state index in [0.29, 0.717) is 36.0 Å². The number of fused-ring (bicyclic) bond motifs is 1. The molecule has 1 aromatic carbocycles. The standard InChI is InChI=1S/C28H36N4O4/c1-19-15-32(20(2)18-33)28(34)25-12-24(23-6-4-21(13-29)5-7-23)14-30-27(25)36-26(19)17-31(3)16-22-8-10-35-11-9-22/h4-7,12,14,19-20,22,26,33H,8-11,15-18H2,1-3H3/t19-,20-,26-/m1/s1. The second-order valence-electron chi connectivity index (χ2n) is 10.2. The maximum absolute atomic E-state index is 13.6. The smallest absolute Gasteiger partial charge is 0.259 e. The predicted molar refractivity (Wildman–Crippen MR) is 137 cm³/mol. The highest BCUT2D eigenvalue weighted by atomic mass is 16.5. The van der Waals surface area contributed by atoms with E-state index in [0.717, 1.165) is 43.7 Å². The van der Waals surface area contributed by atoms with Gasteiger partial charge in [-0.25, -0.2) is 4.98 Å². The Morgan fingerprint density at radius 1 is 1.22 bits per heavy atom. The predicted octanol–water partition coefficient (Wildman–Crippen LogP) is 3.20. The van der Waals surface area contributed by atoms with Gasteiger partial charge in [-0.3, -0.25) is 4.79 Å². The van der Waals surface area contributed by atoms with Gasteiger partial charge in [0.05, 0.1) is 24.3 Å². The Hall–Kier alpha value is -2.99. The van der Waals surface area contributed by atoms with Crippen LogP contribution in [0.3, 0.4) is 0 Å². The van der Waals surface area contributed by atoms with Crippen LogP contribution in [0.1, 0.15) is 42.6 Å². The highest BCUT2D eigenvalue weighted by Crippen LogP contribution is 2.30. The summed E-state index contributed by atoms with van der Waals surface area (Å²) in [6.07, 6.45) is 3.69. The number of aliphatic hydroxyl groups excluding tert-OH is 1. The molecule has 36 heavy (non-hydrogen) atoms. The van der Waals surface area contributed by atoms with Crippen LogP contribution in [0, 0.1) is 23.2 Å². The molecule has 0 unspecified atom stereocenters. The first-order valence-corrected chi connectivity index (χ1v) is 12.7. The number of benzene rings is 1. The minimum atomic E-state index is -0.329. The van der Waals surface area contributed by atoms with Gasteiger partial charge in [0, 0.05) is 50.5 Å². The summed E-state index contributed by atoms with van der Waals surface area (Å²) >= 11 is 0. The summed E-state index contributed by atoms with van der Waals surface area (Å²) in [6, 6.07) is 10.8. The van der Waals surface area contributed by atoms with Crippen molar-refractivity contribution < 1.29 is 19.4 Å². The van der Waals surface area contributed by atoms with Crippen molar-refractivity contribution in [3.63, 3.8) is 0 Å². The number of hydrogen-bond acceptors (Lipinski definition) is 7. The molecule has 8 nitrogen and oxygen atoms in total. The van der Waals surface area contributed by atoms with E-state index >= 15 is 0 Å². The first-order chi connectivity index (χ1) is 17.4. The second-order valence-corrected chi connectivity index (χ2v) is 10.2. The van der Waals surface area contributed by atoms with E-state index in [9.17, 15) is 9.90 Å². The van der Waals surface area contributed by atoms with E-state index in [1.165, 1.54) is 0 Å². The van der Waals surface area contributed by atoms with Crippen LogP contribution < -0.4 is 4.74 Å². The summed E-state index contributed by atoms with van der Waals surface area (Å²) in [5, 5.41) is 19.0. The third-order valence-electron chi connectivity index (χ3n) is 7.27. The molecule has 1 aromatic heterocycles. The fourth-order valence-electron chi connectivity index (χ4n) is 4.97. The maximum atomic E-state index is 13.6. The van der Waals surface area contributed by atoms with Crippen molar-refractivity contribution in [3.8, 4) is 23.1 Å². The van der Waals surface area contributed by atoms with Crippen molar-refractivity contribution in [3.05, 3.63) is 47.7 Å². The van der Waals surface area contributed by atoms with Crippen LogP contribution in [0.4, 0.5) is 0 Å². The number of carbonyl (C=O) groups excluding carboxylic acids is 1. The Labute approximate surface area is 213 Å². The van der Waals surface area contributed by atoms with Crippen LogP contribution in [-0.2, 0) is 4.74 Å². The Bertz CT molecular complexity index is 1080. The molecule has 3 heterocycles. The molecule has 0 aliphatic carbocycles. The van der Waals surface area contributed by atoms with Crippen LogP contribution in [0.5, 0.6) is 5.88 Å². The number of aromatic nitrogens is 1. The molecule has 3 atom stereocenters. The van der Waals surface area contributed by atoms with Gasteiger partial charge in [-0.05, 0) is 56.5 Å². The lowest BCUT2D eigenvalue weighted by atomic mass is 9.97. The van der Waals surface area contributed by atoms with Crippen molar-refractivity contribution in [2.45, 2.75) is 38.8 Å². The molecule has 1 fully saturated rings. The Balaban J connectivity index is 1.62. The van der Waals surface area contributed by atoms with Crippen LogP contribution in [0.25, 0.3) is 11.1 Å². The molecule has 0 saturated carbocycles. The van der Waals surface area contributed by atoms with E-state index in [4.69, 9.17) is 14.7 Å². The Morgan fingerprint density at radius 2 is 1.94 bits per heavy atom.